The van der Waals surface area contributed by atoms with Gasteiger partial charge in [0.15, 0.2) is 0 Å². The van der Waals surface area contributed by atoms with Gasteiger partial charge in [0.2, 0.25) is 0 Å². The number of amides is 2. The summed E-state index contributed by atoms with van der Waals surface area (Å²) in [6, 6.07) is 10.2. The summed E-state index contributed by atoms with van der Waals surface area (Å²) in [5.41, 5.74) is 0.754. The van der Waals surface area contributed by atoms with E-state index in [9.17, 15) is 18.0 Å². The van der Waals surface area contributed by atoms with Crippen molar-refractivity contribution in [1.29, 1.82) is 0 Å². The molecule has 2 aromatic rings. The fourth-order valence-corrected chi connectivity index (χ4v) is 4.79. The number of carbonyl (C=O) groups is 1. The summed E-state index contributed by atoms with van der Waals surface area (Å²) >= 11 is 10.7. The Morgan fingerprint density at radius 1 is 1.28 bits per heavy atom. The summed E-state index contributed by atoms with van der Waals surface area (Å²) in [4.78, 5) is 12.9. The molecule has 10 heteroatoms. The molecule has 1 aliphatic rings. The fraction of sp³-hybridized carbons (Fsp3) is 0.364. The number of nitrogens with zero attached hydrogens (tertiary/aromatic N) is 2. The van der Waals surface area contributed by atoms with Gasteiger partial charge in [-0.25, -0.2) is 9.80 Å². The molecule has 4 nitrogen and oxygen atoms in total. The highest BCUT2D eigenvalue weighted by Crippen LogP contribution is 2.38. The second kappa shape index (κ2) is 10.1. The van der Waals surface area contributed by atoms with E-state index in [-0.39, 0.29) is 15.6 Å². The number of hydrogen-bond donors (Lipinski definition) is 1. The Morgan fingerprint density at radius 2 is 1.97 bits per heavy atom. The maximum absolute atomic E-state index is 13.0. The minimum absolute atomic E-state index is 0.142. The van der Waals surface area contributed by atoms with E-state index in [0.29, 0.717) is 11.6 Å². The van der Waals surface area contributed by atoms with Crippen LogP contribution in [-0.2, 0) is 6.18 Å². The van der Waals surface area contributed by atoms with Crippen molar-refractivity contribution in [1.82, 2.24) is 5.01 Å². The van der Waals surface area contributed by atoms with Crippen LogP contribution in [0.2, 0.25) is 5.02 Å². The molecule has 172 valence electrons. The minimum atomic E-state index is -4.48. The van der Waals surface area contributed by atoms with E-state index in [0.717, 1.165) is 35.9 Å². The summed E-state index contributed by atoms with van der Waals surface area (Å²) < 4.78 is 38.8. The van der Waals surface area contributed by atoms with Crippen LogP contribution in [0.4, 0.5) is 23.7 Å². The maximum Gasteiger partial charge on any atom is 0.417 e. The zero-order valence-corrected chi connectivity index (χ0v) is 20.6. The van der Waals surface area contributed by atoms with Crippen molar-refractivity contribution in [3.8, 4) is 0 Å². The number of urea groups is 1. The lowest BCUT2D eigenvalue weighted by Gasteiger charge is -2.26. The van der Waals surface area contributed by atoms with E-state index in [2.05, 4.69) is 33.3 Å². The standard InChI is InChI=1S/C22H22BrClF3N3OS/c1-21(10-3-11-32-2)13-30(29-19(21)14-4-6-15(24)7-5-14)20(31)28-16-8-9-17(18(23)12-16)22(25,26)27/h4-9,12H,3,10-11,13H2,1-2H3,(H,28,31). The van der Waals surface area contributed by atoms with Crippen molar-refractivity contribution in [3.05, 3.63) is 63.1 Å². The van der Waals surface area contributed by atoms with E-state index in [1.54, 1.807) is 23.9 Å². The lowest BCUT2D eigenvalue weighted by molar-refractivity contribution is -0.138. The number of nitrogens with one attached hydrogen (secondary N) is 1. The minimum Gasteiger partial charge on any atom is -0.306 e. The third-order valence-electron chi connectivity index (χ3n) is 5.25. The Labute approximate surface area is 202 Å². The summed E-state index contributed by atoms with van der Waals surface area (Å²) in [5, 5.41) is 9.19. The lowest BCUT2D eigenvalue weighted by atomic mass is 9.78. The molecule has 32 heavy (non-hydrogen) atoms. The van der Waals surface area contributed by atoms with Gasteiger partial charge in [-0.1, -0.05) is 46.6 Å². The largest absolute Gasteiger partial charge is 0.417 e. The Balaban J connectivity index is 1.83. The van der Waals surface area contributed by atoms with Crippen LogP contribution in [-0.4, -0.2) is 35.3 Å². The van der Waals surface area contributed by atoms with Crippen LogP contribution in [0.5, 0.6) is 0 Å². The molecule has 0 aromatic heterocycles. The second-order valence-corrected chi connectivity index (χ2v) is 10.1. The van der Waals surface area contributed by atoms with Gasteiger partial charge in [0.25, 0.3) is 0 Å². The Bertz CT molecular complexity index is 1020. The Morgan fingerprint density at radius 3 is 2.56 bits per heavy atom. The number of benzene rings is 2. The number of halogens is 5. The molecule has 0 saturated heterocycles. The predicted octanol–water partition coefficient (Wildman–Crippen LogP) is 7.52. The molecule has 1 atom stereocenters. The van der Waals surface area contributed by atoms with Crippen molar-refractivity contribution >= 4 is 56.7 Å². The summed E-state index contributed by atoms with van der Waals surface area (Å²) in [5.74, 6) is 0.995. The maximum atomic E-state index is 13.0. The van der Waals surface area contributed by atoms with E-state index in [1.807, 2.05) is 18.4 Å². The van der Waals surface area contributed by atoms with Crippen molar-refractivity contribution < 1.29 is 18.0 Å². The van der Waals surface area contributed by atoms with Crippen LogP contribution in [0.15, 0.2) is 52.0 Å². The number of thioether (sulfide) groups is 1. The molecule has 2 aromatic carbocycles. The van der Waals surface area contributed by atoms with Gasteiger partial charge in [-0.15, -0.1) is 0 Å². The SMILES string of the molecule is CSCCCC1(C)CN(C(=O)Nc2ccc(C(F)(F)F)c(Br)c2)N=C1c1ccc(Cl)cc1. The first-order valence-electron chi connectivity index (χ1n) is 9.83. The molecule has 0 spiro atoms. The molecule has 2 amide bonds. The number of hydrogen-bond acceptors (Lipinski definition) is 3. The number of carbonyl (C=O) groups excluding carboxylic acids is 1. The van der Waals surface area contributed by atoms with Gasteiger partial charge in [-0.2, -0.15) is 30.0 Å². The zero-order valence-electron chi connectivity index (χ0n) is 17.5. The zero-order chi connectivity index (χ0) is 23.5. The highest BCUT2D eigenvalue weighted by Gasteiger charge is 2.41. The molecule has 0 fully saturated rings. The highest BCUT2D eigenvalue weighted by molar-refractivity contribution is 9.10. The van der Waals surface area contributed by atoms with Crippen LogP contribution >= 0.6 is 39.3 Å². The van der Waals surface area contributed by atoms with Crippen molar-refractivity contribution in [2.45, 2.75) is 25.9 Å². The quantitative estimate of drug-likeness (QED) is 0.379. The Hall–Kier alpha value is -1.71. The first kappa shape index (κ1) is 24.9. The second-order valence-electron chi connectivity index (χ2n) is 7.79. The van der Waals surface area contributed by atoms with Crippen molar-refractivity contribution in [2.75, 3.05) is 23.9 Å². The smallest absolute Gasteiger partial charge is 0.306 e. The predicted molar refractivity (Wildman–Crippen MR) is 129 cm³/mol. The van der Waals surface area contributed by atoms with E-state index in [1.165, 1.54) is 17.1 Å². The number of anilines is 1. The Kier molecular flexibility index (Phi) is 7.83. The average Bonchev–Trinajstić information content (AvgIpc) is 3.05. The van der Waals surface area contributed by atoms with Crippen LogP contribution in [0.1, 0.15) is 30.9 Å². The van der Waals surface area contributed by atoms with Gasteiger partial charge in [-0.05, 0) is 60.7 Å². The molecular weight excluding hydrogens is 527 g/mol. The number of alkyl halides is 3. The molecule has 1 aliphatic heterocycles. The van der Waals surface area contributed by atoms with Crippen LogP contribution in [0.25, 0.3) is 0 Å². The molecule has 0 bridgehead atoms. The van der Waals surface area contributed by atoms with Gasteiger partial charge in [-0.3, -0.25) is 0 Å². The van der Waals surface area contributed by atoms with Gasteiger partial charge >= 0.3 is 12.2 Å². The lowest BCUT2D eigenvalue weighted by Crippen LogP contribution is -2.35. The summed E-state index contributed by atoms with van der Waals surface area (Å²) in [7, 11) is 0. The molecule has 1 heterocycles. The summed E-state index contributed by atoms with van der Waals surface area (Å²) in [6.45, 7) is 2.44. The third-order valence-corrected chi connectivity index (χ3v) is 6.85. The normalized spacial score (nSPS) is 18.6. The summed E-state index contributed by atoms with van der Waals surface area (Å²) in [6.07, 6.45) is -0.629. The first-order chi connectivity index (χ1) is 15.0. The van der Waals surface area contributed by atoms with Gasteiger partial charge in [0.1, 0.15) is 0 Å². The molecule has 0 saturated carbocycles. The molecular formula is C22H22BrClF3N3OS. The van der Waals surface area contributed by atoms with Crippen molar-refractivity contribution in [3.63, 3.8) is 0 Å². The van der Waals surface area contributed by atoms with Gasteiger partial charge < -0.3 is 5.32 Å². The monoisotopic (exact) mass is 547 g/mol. The first-order valence-corrected chi connectivity index (χ1v) is 12.4. The van der Waals surface area contributed by atoms with E-state index < -0.39 is 17.8 Å². The van der Waals surface area contributed by atoms with Gasteiger partial charge in [0, 0.05) is 20.6 Å². The van der Waals surface area contributed by atoms with Crippen LogP contribution in [0, 0.1) is 5.41 Å². The van der Waals surface area contributed by atoms with Crippen LogP contribution in [0.3, 0.4) is 0 Å². The van der Waals surface area contributed by atoms with Gasteiger partial charge in [0.05, 0.1) is 17.8 Å². The van der Waals surface area contributed by atoms with Crippen molar-refractivity contribution in [2.24, 2.45) is 10.5 Å². The van der Waals surface area contributed by atoms with E-state index >= 15 is 0 Å². The van der Waals surface area contributed by atoms with Crippen LogP contribution < -0.4 is 5.32 Å². The fourth-order valence-electron chi connectivity index (χ4n) is 3.63. The molecule has 0 aliphatic carbocycles. The average molecular weight is 549 g/mol. The van der Waals surface area contributed by atoms with E-state index in [4.69, 9.17) is 11.6 Å². The molecule has 3 rings (SSSR count). The molecule has 1 N–H and O–H groups in total. The molecule has 1 unspecified atom stereocenters. The molecule has 0 radical (unpaired) electrons. The number of rotatable bonds is 6. The highest BCUT2D eigenvalue weighted by atomic mass is 79.9. The third kappa shape index (κ3) is 5.80. The number of hydrazone groups is 1. The topological polar surface area (TPSA) is 44.7 Å².